The molecule has 0 aliphatic heterocycles. The minimum Gasteiger partial charge on any atom is -0.478 e. The van der Waals surface area contributed by atoms with Crippen LogP contribution < -0.4 is 15.4 Å². The van der Waals surface area contributed by atoms with Crippen molar-refractivity contribution in [2.45, 2.75) is 26.9 Å². The summed E-state index contributed by atoms with van der Waals surface area (Å²) in [5.41, 5.74) is 2.69. The van der Waals surface area contributed by atoms with E-state index in [9.17, 15) is 22.8 Å². The first-order chi connectivity index (χ1) is 18.5. The Bertz CT molecular complexity index is 1540. The van der Waals surface area contributed by atoms with Gasteiger partial charge in [-0.25, -0.2) is 9.97 Å². The number of amides is 2. The molecule has 0 atom stereocenters. The SMILES string of the molecule is CCOc1cc(-c2cc(NC(=O)c3ccnc(C(F)(F)F)c3)ccc2C)cc(-c2ccnc(NC(C)=O)c2)n1. The molecule has 2 amide bonds. The van der Waals surface area contributed by atoms with Crippen LogP contribution in [0.25, 0.3) is 22.4 Å². The van der Waals surface area contributed by atoms with Crippen LogP contribution in [-0.4, -0.2) is 33.4 Å². The van der Waals surface area contributed by atoms with Crippen LogP contribution in [0.5, 0.6) is 5.88 Å². The van der Waals surface area contributed by atoms with E-state index in [4.69, 9.17) is 4.74 Å². The number of ether oxygens (including phenoxy) is 1. The lowest BCUT2D eigenvalue weighted by atomic mass is 9.98. The number of aryl methyl sites for hydroxylation is 1. The summed E-state index contributed by atoms with van der Waals surface area (Å²) in [5, 5.41) is 5.30. The van der Waals surface area contributed by atoms with Crippen LogP contribution >= 0.6 is 0 Å². The molecule has 0 aliphatic carbocycles. The third-order valence-electron chi connectivity index (χ3n) is 5.57. The van der Waals surface area contributed by atoms with Gasteiger partial charge in [-0.3, -0.25) is 14.6 Å². The minimum absolute atomic E-state index is 0.169. The van der Waals surface area contributed by atoms with Crippen molar-refractivity contribution in [1.29, 1.82) is 0 Å². The average molecular weight is 536 g/mol. The number of carbonyl (C=O) groups excluding carboxylic acids is 2. The molecule has 4 aromatic rings. The van der Waals surface area contributed by atoms with Crippen LogP contribution in [0.3, 0.4) is 0 Å². The van der Waals surface area contributed by atoms with Crippen molar-refractivity contribution in [1.82, 2.24) is 15.0 Å². The maximum atomic E-state index is 13.0. The van der Waals surface area contributed by atoms with Crippen molar-refractivity contribution in [3.63, 3.8) is 0 Å². The molecule has 0 radical (unpaired) electrons. The van der Waals surface area contributed by atoms with E-state index in [1.807, 2.05) is 19.9 Å². The van der Waals surface area contributed by atoms with E-state index in [1.165, 1.54) is 13.0 Å². The Labute approximate surface area is 222 Å². The fourth-order valence-corrected chi connectivity index (χ4v) is 3.81. The Balaban J connectivity index is 1.70. The highest BCUT2D eigenvalue weighted by Gasteiger charge is 2.33. The third-order valence-corrected chi connectivity index (χ3v) is 5.57. The molecule has 1 aromatic carbocycles. The zero-order valence-electron chi connectivity index (χ0n) is 21.3. The summed E-state index contributed by atoms with van der Waals surface area (Å²) in [6.45, 7) is 5.49. The summed E-state index contributed by atoms with van der Waals surface area (Å²) in [4.78, 5) is 36.2. The number of hydrogen-bond acceptors (Lipinski definition) is 6. The molecule has 3 aromatic heterocycles. The molecule has 0 saturated heterocycles. The monoisotopic (exact) mass is 535 g/mol. The van der Waals surface area contributed by atoms with Gasteiger partial charge in [-0.1, -0.05) is 6.07 Å². The third kappa shape index (κ3) is 6.75. The van der Waals surface area contributed by atoms with Crippen molar-refractivity contribution in [2.75, 3.05) is 17.2 Å². The molecule has 39 heavy (non-hydrogen) atoms. The number of anilines is 2. The standard InChI is InChI=1S/C28H24F3N5O3/c1-4-39-26-14-20(11-23(36-26)18-7-10-33-25(13-18)34-17(3)37)22-15-21(6-5-16(22)2)35-27(38)19-8-9-32-24(12-19)28(29,30)31/h5-15H,4H2,1-3H3,(H,35,38)(H,33,34,37). The predicted octanol–water partition coefficient (Wildman–Crippen LogP) is 6.14. The number of nitrogens with zero attached hydrogens (tertiary/aromatic N) is 3. The number of carbonyl (C=O) groups is 2. The largest absolute Gasteiger partial charge is 0.478 e. The van der Waals surface area contributed by atoms with Gasteiger partial charge in [0.1, 0.15) is 11.5 Å². The van der Waals surface area contributed by atoms with E-state index in [0.29, 0.717) is 41.3 Å². The van der Waals surface area contributed by atoms with Crippen LogP contribution in [0, 0.1) is 6.92 Å². The predicted molar refractivity (Wildman–Crippen MR) is 140 cm³/mol. The smallest absolute Gasteiger partial charge is 0.433 e. The number of pyridine rings is 3. The van der Waals surface area contributed by atoms with E-state index < -0.39 is 17.8 Å². The number of hydrogen-bond donors (Lipinski definition) is 2. The van der Waals surface area contributed by atoms with Crippen molar-refractivity contribution in [2.24, 2.45) is 0 Å². The van der Waals surface area contributed by atoms with Crippen LogP contribution in [0.1, 0.15) is 35.5 Å². The van der Waals surface area contributed by atoms with Gasteiger partial charge in [0.15, 0.2) is 0 Å². The summed E-state index contributed by atoms with van der Waals surface area (Å²) in [7, 11) is 0. The Morgan fingerprint density at radius 2 is 1.69 bits per heavy atom. The molecule has 0 bridgehead atoms. The van der Waals surface area contributed by atoms with E-state index in [0.717, 1.165) is 22.9 Å². The van der Waals surface area contributed by atoms with Gasteiger partial charge in [0.25, 0.3) is 5.91 Å². The highest BCUT2D eigenvalue weighted by Crippen LogP contribution is 2.33. The highest BCUT2D eigenvalue weighted by molar-refractivity contribution is 6.04. The number of rotatable bonds is 7. The summed E-state index contributed by atoms with van der Waals surface area (Å²) in [6.07, 6.45) is -2.16. The Morgan fingerprint density at radius 1 is 0.923 bits per heavy atom. The van der Waals surface area contributed by atoms with Crippen molar-refractivity contribution >= 4 is 23.3 Å². The molecule has 0 saturated carbocycles. The van der Waals surface area contributed by atoms with E-state index in [2.05, 4.69) is 25.6 Å². The topological polar surface area (TPSA) is 106 Å². The number of benzene rings is 1. The number of nitrogens with one attached hydrogen (secondary N) is 2. The van der Waals surface area contributed by atoms with Crippen LogP contribution in [0.4, 0.5) is 24.7 Å². The first kappa shape index (κ1) is 27.2. The number of alkyl halides is 3. The van der Waals surface area contributed by atoms with E-state index in [-0.39, 0.29) is 11.5 Å². The Hall–Kier alpha value is -4.80. The molecule has 0 aliphatic rings. The first-order valence-electron chi connectivity index (χ1n) is 11.9. The van der Waals surface area contributed by atoms with Crippen molar-refractivity contribution in [3.05, 3.63) is 83.8 Å². The van der Waals surface area contributed by atoms with Crippen LogP contribution in [0.2, 0.25) is 0 Å². The zero-order valence-corrected chi connectivity index (χ0v) is 21.3. The number of halogens is 3. The molecule has 11 heteroatoms. The maximum Gasteiger partial charge on any atom is 0.433 e. The molecular weight excluding hydrogens is 511 g/mol. The minimum atomic E-state index is -4.66. The van der Waals surface area contributed by atoms with Crippen molar-refractivity contribution < 1.29 is 27.5 Å². The molecule has 3 heterocycles. The Morgan fingerprint density at radius 3 is 2.41 bits per heavy atom. The van der Waals surface area contributed by atoms with Crippen LogP contribution in [0.15, 0.2) is 67.0 Å². The molecule has 0 spiro atoms. The van der Waals surface area contributed by atoms with Gasteiger partial charge in [-0.05, 0) is 73.0 Å². The Kier molecular flexibility index (Phi) is 7.89. The molecule has 8 nitrogen and oxygen atoms in total. The molecular formula is C28H24F3N5O3. The second-order valence-corrected chi connectivity index (χ2v) is 8.53. The summed E-state index contributed by atoms with van der Waals surface area (Å²) in [5.74, 6) is -0.221. The summed E-state index contributed by atoms with van der Waals surface area (Å²) >= 11 is 0. The van der Waals surface area contributed by atoms with Gasteiger partial charge in [0.2, 0.25) is 11.8 Å². The zero-order chi connectivity index (χ0) is 28.2. The van der Waals surface area contributed by atoms with Gasteiger partial charge >= 0.3 is 6.18 Å². The molecule has 200 valence electrons. The molecule has 0 unspecified atom stereocenters. The van der Waals surface area contributed by atoms with Gasteiger partial charge in [0, 0.05) is 42.2 Å². The molecule has 4 rings (SSSR count). The summed E-state index contributed by atoms with van der Waals surface area (Å²) < 4.78 is 44.8. The first-order valence-corrected chi connectivity index (χ1v) is 11.9. The van der Waals surface area contributed by atoms with E-state index >= 15 is 0 Å². The summed E-state index contributed by atoms with van der Waals surface area (Å²) in [6, 6.07) is 14.1. The average Bonchev–Trinajstić information content (AvgIpc) is 2.89. The highest BCUT2D eigenvalue weighted by atomic mass is 19.4. The van der Waals surface area contributed by atoms with E-state index in [1.54, 1.807) is 42.6 Å². The van der Waals surface area contributed by atoms with Gasteiger partial charge in [-0.2, -0.15) is 13.2 Å². The van der Waals surface area contributed by atoms with Crippen LogP contribution in [-0.2, 0) is 11.0 Å². The molecule has 2 N–H and O–H groups in total. The van der Waals surface area contributed by atoms with Gasteiger partial charge < -0.3 is 15.4 Å². The quantitative estimate of drug-likeness (QED) is 0.294. The second-order valence-electron chi connectivity index (χ2n) is 8.53. The lowest BCUT2D eigenvalue weighted by Gasteiger charge is -2.14. The second kappa shape index (κ2) is 11.3. The van der Waals surface area contributed by atoms with Gasteiger partial charge in [0.05, 0.1) is 12.3 Å². The molecule has 0 fully saturated rings. The van der Waals surface area contributed by atoms with Gasteiger partial charge in [-0.15, -0.1) is 0 Å². The fourth-order valence-electron chi connectivity index (χ4n) is 3.81. The number of aromatic nitrogens is 3. The normalized spacial score (nSPS) is 11.1. The lowest BCUT2D eigenvalue weighted by molar-refractivity contribution is -0.141. The lowest BCUT2D eigenvalue weighted by Crippen LogP contribution is -2.15. The maximum absolute atomic E-state index is 13.0. The van der Waals surface area contributed by atoms with Crippen molar-refractivity contribution in [3.8, 4) is 28.3 Å². The fraction of sp³-hybridized carbons (Fsp3) is 0.179.